The Morgan fingerprint density at radius 1 is 1.40 bits per heavy atom. The Hall–Kier alpha value is -0.0400. The summed E-state index contributed by atoms with van der Waals surface area (Å²) in [6.07, 6.45) is 1.39. The van der Waals surface area contributed by atoms with Crippen LogP contribution in [0.15, 0.2) is 0 Å². The SMILES string of the molecule is CC(C)C1[C@H](C)CCN1C. The summed E-state index contributed by atoms with van der Waals surface area (Å²) in [6.45, 7) is 8.31. The maximum atomic E-state index is 2.50. The van der Waals surface area contributed by atoms with E-state index < -0.39 is 0 Å². The maximum Gasteiger partial charge on any atom is 0.0141 e. The number of nitrogens with zero attached hydrogens (tertiary/aromatic N) is 1. The van der Waals surface area contributed by atoms with Gasteiger partial charge in [-0.15, -0.1) is 0 Å². The van der Waals surface area contributed by atoms with Crippen LogP contribution in [-0.2, 0) is 0 Å². The summed E-state index contributed by atoms with van der Waals surface area (Å²) in [6, 6.07) is 0.833. The molecule has 2 atom stereocenters. The van der Waals surface area contributed by atoms with E-state index in [-0.39, 0.29) is 0 Å². The van der Waals surface area contributed by atoms with Crippen molar-refractivity contribution >= 4 is 0 Å². The van der Waals surface area contributed by atoms with Gasteiger partial charge in [0.1, 0.15) is 0 Å². The van der Waals surface area contributed by atoms with Crippen LogP contribution in [0.5, 0.6) is 0 Å². The first kappa shape index (κ1) is 8.06. The van der Waals surface area contributed by atoms with Gasteiger partial charge in [-0.1, -0.05) is 20.8 Å². The van der Waals surface area contributed by atoms with Gasteiger partial charge >= 0.3 is 0 Å². The molecule has 0 amide bonds. The van der Waals surface area contributed by atoms with Gasteiger partial charge < -0.3 is 4.90 Å². The van der Waals surface area contributed by atoms with Crippen LogP contribution in [0.2, 0.25) is 0 Å². The molecular formula is C9H19N. The lowest BCUT2D eigenvalue weighted by Gasteiger charge is -2.26. The third-order valence-corrected chi connectivity index (χ3v) is 2.71. The minimum atomic E-state index is 0.822. The number of rotatable bonds is 1. The summed E-state index contributed by atoms with van der Waals surface area (Å²) < 4.78 is 0. The molecule has 1 saturated heterocycles. The Kier molecular flexibility index (Phi) is 2.35. The van der Waals surface area contributed by atoms with Crippen molar-refractivity contribution in [2.75, 3.05) is 13.6 Å². The number of hydrogen-bond donors (Lipinski definition) is 0. The second-order valence-corrected chi connectivity index (χ2v) is 3.98. The minimum absolute atomic E-state index is 0.822. The summed E-state index contributed by atoms with van der Waals surface area (Å²) in [5.74, 6) is 1.73. The van der Waals surface area contributed by atoms with E-state index in [1.165, 1.54) is 13.0 Å². The fourth-order valence-electron chi connectivity index (χ4n) is 2.33. The van der Waals surface area contributed by atoms with E-state index in [4.69, 9.17) is 0 Å². The van der Waals surface area contributed by atoms with Crippen molar-refractivity contribution in [1.82, 2.24) is 4.90 Å². The van der Waals surface area contributed by atoms with Crippen molar-refractivity contribution in [3.8, 4) is 0 Å². The predicted octanol–water partition coefficient (Wildman–Crippen LogP) is 1.98. The molecule has 0 aromatic heterocycles. The van der Waals surface area contributed by atoms with Gasteiger partial charge in [0.05, 0.1) is 0 Å². The highest BCUT2D eigenvalue weighted by Gasteiger charge is 2.30. The highest BCUT2D eigenvalue weighted by atomic mass is 15.2. The van der Waals surface area contributed by atoms with E-state index in [9.17, 15) is 0 Å². The summed E-state index contributed by atoms with van der Waals surface area (Å²) in [5, 5.41) is 0. The maximum absolute atomic E-state index is 2.50. The zero-order valence-electron chi connectivity index (χ0n) is 7.59. The molecule has 0 aliphatic carbocycles. The largest absolute Gasteiger partial charge is 0.303 e. The Labute approximate surface area is 64.4 Å². The van der Waals surface area contributed by atoms with E-state index in [1.807, 2.05) is 0 Å². The van der Waals surface area contributed by atoms with E-state index in [0.717, 1.165) is 17.9 Å². The fraction of sp³-hybridized carbons (Fsp3) is 1.00. The average Bonchev–Trinajstić information content (AvgIpc) is 2.11. The summed E-state index contributed by atoms with van der Waals surface area (Å²) in [7, 11) is 2.24. The van der Waals surface area contributed by atoms with Gasteiger partial charge in [0.15, 0.2) is 0 Å². The van der Waals surface area contributed by atoms with Gasteiger partial charge in [0.2, 0.25) is 0 Å². The molecule has 0 aromatic rings. The van der Waals surface area contributed by atoms with Crippen molar-refractivity contribution in [2.45, 2.75) is 33.2 Å². The lowest BCUT2D eigenvalue weighted by atomic mass is 9.93. The first-order valence-corrected chi connectivity index (χ1v) is 4.33. The Morgan fingerprint density at radius 2 is 2.00 bits per heavy atom. The van der Waals surface area contributed by atoms with Crippen LogP contribution in [0.25, 0.3) is 0 Å². The molecule has 1 rings (SSSR count). The van der Waals surface area contributed by atoms with Crippen molar-refractivity contribution in [3.05, 3.63) is 0 Å². The Morgan fingerprint density at radius 3 is 2.20 bits per heavy atom. The topological polar surface area (TPSA) is 3.24 Å². The second kappa shape index (κ2) is 2.91. The van der Waals surface area contributed by atoms with E-state index in [0.29, 0.717) is 0 Å². The molecule has 1 fully saturated rings. The minimum Gasteiger partial charge on any atom is -0.303 e. The molecule has 1 unspecified atom stereocenters. The molecule has 1 heteroatoms. The Bertz CT molecular complexity index is 99.3. The predicted molar refractivity (Wildman–Crippen MR) is 45.0 cm³/mol. The van der Waals surface area contributed by atoms with Crippen molar-refractivity contribution < 1.29 is 0 Å². The van der Waals surface area contributed by atoms with Gasteiger partial charge in [-0.2, -0.15) is 0 Å². The van der Waals surface area contributed by atoms with Crippen molar-refractivity contribution in [1.29, 1.82) is 0 Å². The monoisotopic (exact) mass is 141 g/mol. The van der Waals surface area contributed by atoms with Crippen LogP contribution in [0.1, 0.15) is 27.2 Å². The molecule has 1 heterocycles. The lowest BCUT2D eigenvalue weighted by Crippen LogP contribution is -2.33. The first-order chi connectivity index (χ1) is 4.63. The van der Waals surface area contributed by atoms with Crippen LogP contribution >= 0.6 is 0 Å². The smallest absolute Gasteiger partial charge is 0.0141 e. The van der Waals surface area contributed by atoms with Crippen molar-refractivity contribution in [2.24, 2.45) is 11.8 Å². The van der Waals surface area contributed by atoms with Crippen LogP contribution in [0.4, 0.5) is 0 Å². The second-order valence-electron chi connectivity index (χ2n) is 3.98. The fourth-order valence-corrected chi connectivity index (χ4v) is 2.33. The summed E-state index contributed by atoms with van der Waals surface area (Å²) in [5.41, 5.74) is 0. The standard InChI is InChI=1S/C9H19N/c1-7(2)9-8(3)5-6-10(9)4/h7-9H,5-6H2,1-4H3/t8-,9?/m1/s1. The quantitative estimate of drug-likeness (QED) is 0.539. The van der Waals surface area contributed by atoms with E-state index >= 15 is 0 Å². The third-order valence-electron chi connectivity index (χ3n) is 2.71. The van der Waals surface area contributed by atoms with Gasteiger partial charge in [-0.25, -0.2) is 0 Å². The third kappa shape index (κ3) is 1.34. The molecule has 1 aliphatic rings. The zero-order valence-corrected chi connectivity index (χ0v) is 7.59. The zero-order chi connectivity index (χ0) is 7.72. The van der Waals surface area contributed by atoms with Gasteiger partial charge in [-0.05, 0) is 31.8 Å². The normalized spacial score (nSPS) is 35.7. The van der Waals surface area contributed by atoms with E-state index in [2.05, 4.69) is 32.7 Å². The molecule has 1 nitrogen and oxygen atoms in total. The highest BCUT2D eigenvalue weighted by molar-refractivity contribution is 4.84. The van der Waals surface area contributed by atoms with E-state index in [1.54, 1.807) is 0 Å². The molecule has 0 saturated carbocycles. The van der Waals surface area contributed by atoms with Crippen LogP contribution in [0, 0.1) is 11.8 Å². The molecule has 0 radical (unpaired) electrons. The molecular weight excluding hydrogens is 122 g/mol. The highest BCUT2D eigenvalue weighted by Crippen LogP contribution is 2.27. The number of hydrogen-bond acceptors (Lipinski definition) is 1. The molecule has 10 heavy (non-hydrogen) atoms. The lowest BCUT2D eigenvalue weighted by molar-refractivity contribution is 0.218. The van der Waals surface area contributed by atoms with Crippen LogP contribution < -0.4 is 0 Å². The molecule has 0 aromatic carbocycles. The van der Waals surface area contributed by atoms with Crippen molar-refractivity contribution in [3.63, 3.8) is 0 Å². The molecule has 1 aliphatic heterocycles. The summed E-state index contributed by atoms with van der Waals surface area (Å²) in [4.78, 5) is 2.50. The van der Waals surface area contributed by atoms with Gasteiger partial charge in [0.25, 0.3) is 0 Å². The van der Waals surface area contributed by atoms with Gasteiger partial charge in [0, 0.05) is 6.04 Å². The average molecular weight is 141 g/mol. The molecule has 0 bridgehead atoms. The first-order valence-electron chi connectivity index (χ1n) is 4.33. The molecule has 0 spiro atoms. The Balaban J connectivity index is 2.54. The van der Waals surface area contributed by atoms with Crippen LogP contribution in [0.3, 0.4) is 0 Å². The van der Waals surface area contributed by atoms with Gasteiger partial charge in [-0.3, -0.25) is 0 Å². The van der Waals surface area contributed by atoms with Crippen LogP contribution in [-0.4, -0.2) is 24.5 Å². The molecule has 0 N–H and O–H groups in total. The summed E-state index contributed by atoms with van der Waals surface area (Å²) >= 11 is 0. The molecule has 60 valence electrons. The number of likely N-dealkylation sites (tertiary alicyclic amines) is 1.